The summed E-state index contributed by atoms with van der Waals surface area (Å²) >= 11 is 0. The van der Waals surface area contributed by atoms with Crippen molar-refractivity contribution in [1.29, 1.82) is 0 Å². The number of hydrogen-bond acceptors (Lipinski definition) is 3. The summed E-state index contributed by atoms with van der Waals surface area (Å²) in [5.74, 6) is 0.136. The van der Waals surface area contributed by atoms with E-state index in [2.05, 4.69) is 0 Å². The Bertz CT molecular complexity index is 462. The molecule has 0 spiro atoms. The SMILES string of the molecule is Cc1cccc(N(CCCN)C(=O)C2COC(C)C2)c1. The number of aryl methyl sites for hydroxylation is 1. The fourth-order valence-corrected chi connectivity index (χ4v) is 2.62. The zero-order valence-corrected chi connectivity index (χ0v) is 12.3. The summed E-state index contributed by atoms with van der Waals surface area (Å²) in [5, 5.41) is 0. The lowest BCUT2D eigenvalue weighted by molar-refractivity contribution is -0.122. The van der Waals surface area contributed by atoms with E-state index in [-0.39, 0.29) is 17.9 Å². The monoisotopic (exact) mass is 276 g/mol. The summed E-state index contributed by atoms with van der Waals surface area (Å²) in [6.07, 6.45) is 1.80. The fraction of sp³-hybridized carbons (Fsp3) is 0.562. The van der Waals surface area contributed by atoms with Crippen molar-refractivity contribution in [3.05, 3.63) is 29.8 Å². The molecule has 1 saturated heterocycles. The lowest BCUT2D eigenvalue weighted by Crippen LogP contribution is -2.38. The van der Waals surface area contributed by atoms with Crippen LogP contribution in [0.15, 0.2) is 24.3 Å². The molecule has 2 N–H and O–H groups in total. The first-order valence-corrected chi connectivity index (χ1v) is 7.31. The number of nitrogens with zero attached hydrogens (tertiary/aromatic N) is 1. The Morgan fingerprint density at radius 1 is 1.50 bits per heavy atom. The lowest BCUT2D eigenvalue weighted by Gasteiger charge is -2.25. The molecule has 0 radical (unpaired) electrons. The second-order valence-electron chi connectivity index (χ2n) is 5.55. The number of anilines is 1. The van der Waals surface area contributed by atoms with Crippen LogP contribution in [0.1, 0.15) is 25.3 Å². The zero-order chi connectivity index (χ0) is 14.5. The summed E-state index contributed by atoms with van der Waals surface area (Å²) in [7, 11) is 0. The predicted octanol–water partition coefficient (Wildman–Crippen LogP) is 2.10. The zero-order valence-electron chi connectivity index (χ0n) is 12.3. The van der Waals surface area contributed by atoms with E-state index in [1.165, 1.54) is 0 Å². The van der Waals surface area contributed by atoms with Crippen molar-refractivity contribution in [2.75, 3.05) is 24.6 Å². The summed E-state index contributed by atoms with van der Waals surface area (Å²) < 4.78 is 5.53. The number of carbonyl (C=O) groups is 1. The van der Waals surface area contributed by atoms with Gasteiger partial charge in [-0.25, -0.2) is 0 Å². The van der Waals surface area contributed by atoms with Gasteiger partial charge in [0.25, 0.3) is 0 Å². The fourth-order valence-electron chi connectivity index (χ4n) is 2.62. The average Bonchev–Trinajstić information content (AvgIpc) is 2.86. The first-order valence-electron chi connectivity index (χ1n) is 7.31. The van der Waals surface area contributed by atoms with Gasteiger partial charge in [-0.1, -0.05) is 12.1 Å². The molecule has 1 aliphatic heterocycles. The molecule has 4 nitrogen and oxygen atoms in total. The number of rotatable bonds is 5. The largest absolute Gasteiger partial charge is 0.378 e. The molecule has 4 heteroatoms. The number of carbonyl (C=O) groups excluding carboxylic acids is 1. The summed E-state index contributed by atoms with van der Waals surface area (Å²) in [4.78, 5) is 14.6. The number of nitrogens with two attached hydrogens (primary N) is 1. The molecule has 1 fully saturated rings. The molecule has 0 aromatic heterocycles. The van der Waals surface area contributed by atoms with Crippen LogP contribution in [-0.2, 0) is 9.53 Å². The molecule has 0 bridgehead atoms. The smallest absolute Gasteiger partial charge is 0.232 e. The third kappa shape index (κ3) is 3.58. The molecule has 0 aliphatic carbocycles. The van der Waals surface area contributed by atoms with E-state index >= 15 is 0 Å². The lowest BCUT2D eigenvalue weighted by atomic mass is 10.0. The van der Waals surface area contributed by atoms with Crippen molar-refractivity contribution < 1.29 is 9.53 Å². The van der Waals surface area contributed by atoms with Crippen LogP contribution in [0.25, 0.3) is 0 Å². The van der Waals surface area contributed by atoms with Gasteiger partial charge in [0.15, 0.2) is 0 Å². The second-order valence-corrected chi connectivity index (χ2v) is 5.55. The van der Waals surface area contributed by atoms with Crippen LogP contribution in [0.5, 0.6) is 0 Å². The standard InChI is InChI=1S/C16H24N2O2/c1-12-5-3-6-15(9-12)18(8-4-7-17)16(19)14-10-13(2)20-11-14/h3,5-6,9,13-14H,4,7-8,10-11,17H2,1-2H3. The van der Waals surface area contributed by atoms with Crippen LogP contribution in [0.2, 0.25) is 0 Å². The summed E-state index contributed by atoms with van der Waals surface area (Å²) in [6, 6.07) is 8.06. The van der Waals surface area contributed by atoms with Crippen LogP contribution >= 0.6 is 0 Å². The van der Waals surface area contributed by atoms with Crippen molar-refractivity contribution in [2.45, 2.75) is 32.8 Å². The Labute approximate surface area is 120 Å². The third-order valence-corrected chi connectivity index (χ3v) is 3.71. The minimum absolute atomic E-state index is 0.0247. The number of hydrogen-bond donors (Lipinski definition) is 1. The minimum atomic E-state index is -0.0247. The van der Waals surface area contributed by atoms with Gasteiger partial charge in [0, 0.05) is 12.2 Å². The third-order valence-electron chi connectivity index (χ3n) is 3.71. The quantitative estimate of drug-likeness (QED) is 0.896. The summed E-state index contributed by atoms with van der Waals surface area (Å²) in [6.45, 7) is 5.85. The highest BCUT2D eigenvalue weighted by Crippen LogP contribution is 2.25. The highest BCUT2D eigenvalue weighted by atomic mass is 16.5. The Morgan fingerprint density at radius 3 is 2.90 bits per heavy atom. The molecule has 110 valence electrons. The first-order chi connectivity index (χ1) is 9.61. The van der Waals surface area contributed by atoms with Gasteiger partial charge in [-0.3, -0.25) is 4.79 Å². The van der Waals surface area contributed by atoms with Crippen molar-refractivity contribution in [2.24, 2.45) is 11.7 Å². The van der Waals surface area contributed by atoms with Gasteiger partial charge < -0.3 is 15.4 Å². The van der Waals surface area contributed by atoms with Crippen LogP contribution in [0, 0.1) is 12.8 Å². The minimum Gasteiger partial charge on any atom is -0.378 e. The van der Waals surface area contributed by atoms with Gasteiger partial charge in [-0.05, 0) is 50.9 Å². The molecule has 2 rings (SSSR count). The normalized spacial score (nSPS) is 21.9. The van der Waals surface area contributed by atoms with Crippen LogP contribution in [-0.4, -0.2) is 31.7 Å². The number of benzene rings is 1. The van der Waals surface area contributed by atoms with Crippen molar-refractivity contribution >= 4 is 11.6 Å². The Kier molecular flexibility index (Phi) is 5.15. The second kappa shape index (κ2) is 6.86. The van der Waals surface area contributed by atoms with Crippen LogP contribution in [0.4, 0.5) is 5.69 Å². The van der Waals surface area contributed by atoms with Gasteiger partial charge >= 0.3 is 0 Å². The average molecular weight is 276 g/mol. The van der Waals surface area contributed by atoms with E-state index < -0.39 is 0 Å². The van der Waals surface area contributed by atoms with Gasteiger partial charge in [0.2, 0.25) is 5.91 Å². The summed E-state index contributed by atoms with van der Waals surface area (Å²) in [5.41, 5.74) is 7.72. The van der Waals surface area contributed by atoms with E-state index in [9.17, 15) is 4.79 Å². The highest BCUT2D eigenvalue weighted by molar-refractivity contribution is 5.95. The maximum absolute atomic E-state index is 12.7. The maximum atomic E-state index is 12.7. The maximum Gasteiger partial charge on any atom is 0.232 e. The van der Waals surface area contributed by atoms with Crippen molar-refractivity contribution in [3.63, 3.8) is 0 Å². The van der Waals surface area contributed by atoms with E-state index in [0.717, 1.165) is 24.1 Å². The molecule has 2 unspecified atom stereocenters. The molecule has 1 heterocycles. The first kappa shape index (κ1) is 15.0. The van der Waals surface area contributed by atoms with Gasteiger partial charge in [0.1, 0.15) is 0 Å². The molecule has 20 heavy (non-hydrogen) atoms. The van der Waals surface area contributed by atoms with Gasteiger partial charge in [-0.15, -0.1) is 0 Å². The highest BCUT2D eigenvalue weighted by Gasteiger charge is 2.31. The number of ether oxygens (including phenoxy) is 1. The van der Waals surface area contributed by atoms with Crippen molar-refractivity contribution in [3.8, 4) is 0 Å². The topological polar surface area (TPSA) is 55.6 Å². The molecular formula is C16H24N2O2. The molecule has 1 aliphatic rings. The molecule has 1 amide bonds. The van der Waals surface area contributed by atoms with E-state index in [4.69, 9.17) is 10.5 Å². The Balaban J connectivity index is 2.16. The van der Waals surface area contributed by atoms with E-state index in [0.29, 0.717) is 19.7 Å². The van der Waals surface area contributed by atoms with Gasteiger partial charge in [-0.2, -0.15) is 0 Å². The van der Waals surface area contributed by atoms with Crippen LogP contribution in [0.3, 0.4) is 0 Å². The van der Waals surface area contributed by atoms with E-state index in [1.807, 2.05) is 43.0 Å². The molecule has 2 atom stereocenters. The molecule has 1 aromatic carbocycles. The van der Waals surface area contributed by atoms with E-state index in [1.54, 1.807) is 0 Å². The Morgan fingerprint density at radius 2 is 2.30 bits per heavy atom. The predicted molar refractivity (Wildman–Crippen MR) is 80.7 cm³/mol. The van der Waals surface area contributed by atoms with Gasteiger partial charge in [0.05, 0.1) is 18.6 Å². The molecule has 1 aromatic rings. The number of amides is 1. The Hall–Kier alpha value is -1.39. The molecular weight excluding hydrogens is 252 g/mol. The van der Waals surface area contributed by atoms with Crippen LogP contribution < -0.4 is 10.6 Å². The molecule has 0 saturated carbocycles. The van der Waals surface area contributed by atoms with Crippen molar-refractivity contribution in [1.82, 2.24) is 0 Å².